The summed E-state index contributed by atoms with van der Waals surface area (Å²) in [4.78, 5) is 23.8. The van der Waals surface area contributed by atoms with Crippen molar-refractivity contribution >= 4 is 21.7 Å². The van der Waals surface area contributed by atoms with Crippen LogP contribution in [0, 0.1) is 0 Å². The molecule has 2 N–H and O–H groups in total. The Hall–Kier alpha value is -1.15. The monoisotopic (exact) mass is 290 g/mol. The van der Waals surface area contributed by atoms with Gasteiger partial charge in [0, 0.05) is 31.6 Å². The zero-order valence-corrected chi connectivity index (χ0v) is 11.4. The summed E-state index contributed by atoms with van der Waals surface area (Å²) in [5, 5.41) is 11.7. The van der Waals surface area contributed by atoms with Crippen LogP contribution in [0.25, 0.3) is 0 Å². The summed E-state index contributed by atoms with van der Waals surface area (Å²) in [6.07, 6.45) is 1.03. The van der Waals surface area contributed by atoms with Gasteiger partial charge in [-0.2, -0.15) is 0 Å². The van der Waals surface area contributed by atoms with Crippen LogP contribution in [-0.4, -0.2) is 67.0 Å². The van der Waals surface area contributed by atoms with Crippen molar-refractivity contribution in [3.63, 3.8) is 0 Å². The zero-order chi connectivity index (χ0) is 14.0. The van der Waals surface area contributed by atoms with Crippen LogP contribution in [0.4, 0.5) is 0 Å². The number of carboxylic acid groups (broad SMARTS) is 1. The van der Waals surface area contributed by atoms with Crippen molar-refractivity contribution in [2.45, 2.75) is 31.3 Å². The Labute approximate surface area is 111 Å². The number of nitrogens with one attached hydrogen (secondary N) is 1. The first-order chi connectivity index (χ1) is 8.85. The van der Waals surface area contributed by atoms with E-state index in [-0.39, 0.29) is 29.9 Å². The lowest BCUT2D eigenvalue weighted by Crippen LogP contribution is -2.53. The number of carbonyl (C=O) groups excluding carboxylic acids is 1. The van der Waals surface area contributed by atoms with Crippen molar-refractivity contribution < 1.29 is 23.1 Å². The summed E-state index contributed by atoms with van der Waals surface area (Å²) in [5.74, 6) is -1.05. The molecule has 2 aliphatic rings. The molecule has 2 atom stereocenters. The number of aliphatic carboxylic acids is 1. The summed E-state index contributed by atoms with van der Waals surface area (Å²) >= 11 is 0. The van der Waals surface area contributed by atoms with Crippen LogP contribution in [0.2, 0.25) is 0 Å². The lowest BCUT2D eigenvalue weighted by Gasteiger charge is -2.36. The first-order valence-electron chi connectivity index (χ1n) is 6.31. The van der Waals surface area contributed by atoms with Gasteiger partial charge in [-0.25, -0.2) is 8.42 Å². The van der Waals surface area contributed by atoms with Crippen LogP contribution < -0.4 is 5.32 Å². The number of carboxylic acids is 1. The van der Waals surface area contributed by atoms with Crippen molar-refractivity contribution in [1.29, 1.82) is 0 Å². The van der Waals surface area contributed by atoms with E-state index in [1.807, 2.05) is 4.90 Å². The van der Waals surface area contributed by atoms with Crippen molar-refractivity contribution in [3.05, 3.63) is 0 Å². The van der Waals surface area contributed by atoms with E-state index in [1.54, 1.807) is 0 Å². The Morgan fingerprint density at radius 2 is 2.21 bits per heavy atom. The van der Waals surface area contributed by atoms with Gasteiger partial charge in [0.15, 0.2) is 9.84 Å². The Balaban J connectivity index is 2.00. The average Bonchev–Trinajstić information content (AvgIpc) is 2.67. The zero-order valence-electron chi connectivity index (χ0n) is 10.5. The van der Waals surface area contributed by atoms with E-state index in [4.69, 9.17) is 5.11 Å². The topological polar surface area (TPSA) is 104 Å². The van der Waals surface area contributed by atoms with Gasteiger partial charge >= 0.3 is 5.97 Å². The molecular formula is C11H18N2O5S. The number of hydrogen-bond donors (Lipinski definition) is 2. The second-order valence-corrected chi connectivity index (χ2v) is 7.39. The predicted molar refractivity (Wildman–Crippen MR) is 67.4 cm³/mol. The van der Waals surface area contributed by atoms with E-state index in [2.05, 4.69) is 5.32 Å². The molecule has 19 heavy (non-hydrogen) atoms. The van der Waals surface area contributed by atoms with E-state index < -0.39 is 21.8 Å². The minimum absolute atomic E-state index is 0.00409. The third-order valence-corrected chi connectivity index (χ3v) is 5.30. The molecule has 7 nitrogen and oxygen atoms in total. The maximum Gasteiger partial charge on any atom is 0.304 e. The highest BCUT2D eigenvalue weighted by Gasteiger charge is 2.34. The van der Waals surface area contributed by atoms with Crippen molar-refractivity contribution in [3.8, 4) is 0 Å². The van der Waals surface area contributed by atoms with E-state index in [0.29, 0.717) is 19.5 Å². The molecule has 0 aromatic heterocycles. The van der Waals surface area contributed by atoms with E-state index in [1.165, 1.54) is 0 Å². The highest BCUT2D eigenvalue weighted by atomic mass is 32.2. The van der Waals surface area contributed by atoms with Crippen LogP contribution >= 0.6 is 0 Å². The summed E-state index contributed by atoms with van der Waals surface area (Å²) in [7, 11) is -3.15. The summed E-state index contributed by atoms with van der Waals surface area (Å²) in [6.45, 7) is 0.867. The smallest absolute Gasteiger partial charge is 0.304 e. The molecule has 2 heterocycles. The van der Waals surface area contributed by atoms with Gasteiger partial charge in [-0.05, 0) is 6.42 Å². The van der Waals surface area contributed by atoms with Crippen LogP contribution in [0.15, 0.2) is 0 Å². The molecule has 108 valence electrons. The number of amides is 1. The lowest BCUT2D eigenvalue weighted by atomic mass is 10.1. The van der Waals surface area contributed by atoms with Crippen LogP contribution in [0.5, 0.6) is 0 Å². The molecule has 0 saturated carbocycles. The normalized spacial score (nSPS) is 31.1. The van der Waals surface area contributed by atoms with Gasteiger partial charge in [-0.15, -0.1) is 0 Å². The molecule has 2 rings (SSSR count). The fourth-order valence-corrected chi connectivity index (χ4v) is 4.24. The van der Waals surface area contributed by atoms with Crippen molar-refractivity contribution in [1.82, 2.24) is 10.2 Å². The predicted octanol–water partition coefficient (Wildman–Crippen LogP) is -1.16. The highest BCUT2D eigenvalue weighted by molar-refractivity contribution is 7.91. The average molecular weight is 290 g/mol. The molecule has 8 heteroatoms. The third-order valence-electron chi connectivity index (χ3n) is 3.60. The van der Waals surface area contributed by atoms with Gasteiger partial charge < -0.3 is 10.4 Å². The second kappa shape index (κ2) is 5.46. The van der Waals surface area contributed by atoms with E-state index in [9.17, 15) is 18.0 Å². The molecule has 0 aromatic rings. The molecule has 2 unspecified atom stereocenters. The Bertz CT molecular complexity index is 475. The molecule has 0 aromatic carbocycles. The standard InChI is InChI=1S/C11H18N2O5S/c14-10-2-1-8(12-10)6-13-3-4-19(17,18)7-9(13)5-11(15)16/h8-9H,1-7H2,(H,12,14)(H,15,16). The first-order valence-corrected chi connectivity index (χ1v) is 8.13. The van der Waals surface area contributed by atoms with Gasteiger partial charge in [0.05, 0.1) is 17.9 Å². The minimum Gasteiger partial charge on any atom is -0.481 e. The molecular weight excluding hydrogens is 272 g/mol. The number of sulfone groups is 1. The number of nitrogens with zero attached hydrogens (tertiary/aromatic N) is 1. The summed E-state index contributed by atoms with van der Waals surface area (Å²) < 4.78 is 23.2. The van der Waals surface area contributed by atoms with Gasteiger partial charge in [0.2, 0.25) is 5.91 Å². The fraction of sp³-hybridized carbons (Fsp3) is 0.818. The largest absolute Gasteiger partial charge is 0.481 e. The molecule has 0 radical (unpaired) electrons. The Morgan fingerprint density at radius 1 is 1.47 bits per heavy atom. The van der Waals surface area contributed by atoms with Crippen molar-refractivity contribution in [2.75, 3.05) is 24.6 Å². The number of rotatable bonds is 4. The minimum atomic E-state index is -3.15. The molecule has 2 fully saturated rings. The summed E-state index contributed by atoms with van der Waals surface area (Å²) in [5.41, 5.74) is 0. The van der Waals surface area contributed by atoms with E-state index >= 15 is 0 Å². The molecule has 2 saturated heterocycles. The molecule has 2 aliphatic heterocycles. The van der Waals surface area contributed by atoms with Crippen LogP contribution in [0.1, 0.15) is 19.3 Å². The third kappa shape index (κ3) is 3.90. The first kappa shape index (κ1) is 14.3. The fourth-order valence-electron chi connectivity index (χ4n) is 2.65. The van der Waals surface area contributed by atoms with E-state index in [0.717, 1.165) is 6.42 Å². The van der Waals surface area contributed by atoms with Crippen LogP contribution in [-0.2, 0) is 19.4 Å². The van der Waals surface area contributed by atoms with Gasteiger partial charge in [-0.3, -0.25) is 14.5 Å². The quantitative estimate of drug-likeness (QED) is 0.677. The molecule has 0 spiro atoms. The lowest BCUT2D eigenvalue weighted by molar-refractivity contribution is -0.138. The second-order valence-electron chi connectivity index (χ2n) is 5.16. The number of hydrogen-bond acceptors (Lipinski definition) is 5. The molecule has 1 amide bonds. The number of carbonyl (C=O) groups is 2. The summed E-state index contributed by atoms with van der Waals surface area (Å²) in [6, 6.07) is -0.488. The van der Waals surface area contributed by atoms with Gasteiger partial charge in [0.1, 0.15) is 0 Å². The Morgan fingerprint density at radius 3 is 2.79 bits per heavy atom. The molecule has 0 aliphatic carbocycles. The Kier molecular flexibility index (Phi) is 4.10. The SMILES string of the molecule is O=C(O)CC1CS(=O)(=O)CCN1CC1CCC(=O)N1. The van der Waals surface area contributed by atoms with Gasteiger partial charge in [-0.1, -0.05) is 0 Å². The van der Waals surface area contributed by atoms with Gasteiger partial charge in [0.25, 0.3) is 0 Å². The molecule has 0 bridgehead atoms. The van der Waals surface area contributed by atoms with Crippen molar-refractivity contribution in [2.24, 2.45) is 0 Å². The highest BCUT2D eigenvalue weighted by Crippen LogP contribution is 2.18. The maximum atomic E-state index is 11.6. The van der Waals surface area contributed by atoms with Crippen LogP contribution in [0.3, 0.4) is 0 Å². The maximum absolute atomic E-state index is 11.6.